The van der Waals surface area contributed by atoms with Gasteiger partial charge in [0, 0.05) is 16.5 Å². The molecule has 0 amide bonds. The maximum atomic E-state index is 11.6. The van der Waals surface area contributed by atoms with Gasteiger partial charge < -0.3 is 9.84 Å². The lowest BCUT2D eigenvalue weighted by Crippen LogP contribution is -1.99. The Labute approximate surface area is 152 Å². The number of carboxylic acids is 1. The lowest BCUT2D eigenvalue weighted by atomic mass is 10.2. The number of aryl methyl sites for hydroxylation is 1. The number of nitrogens with zero attached hydrogens (tertiary/aromatic N) is 2. The average Bonchev–Trinajstić information content (AvgIpc) is 3.01. The van der Waals surface area contributed by atoms with E-state index in [0.29, 0.717) is 35.3 Å². The van der Waals surface area contributed by atoms with Gasteiger partial charge in [-0.25, -0.2) is 9.78 Å². The highest BCUT2D eigenvalue weighted by Gasteiger charge is 2.15. The van der Waals surface area contributed by atoms with Crippen LogP contribution in [0.15, 0.2) is 45.4 Å². The first-order chi connectivity index (χ1) is 11.5. The highest BCUT2D eigenvalue weighted by Crippen LogP contribution is 2.30. The van der Waals surface area contributed by atoms with Crippen molar-refractivity contribution < 1.29 is 14.6 Å². The van der Waals surface area contributed by atoms with Crippen molar-refractivity contribution in [1.82, 2.24) is 15.2 Å². The van der Waals surface area contributed by atoms with Crippen LogP contribution in [0.3, 0.4) is 0 Å². The number of aromatic nitrogens is 3. The molecule has 1 aromatic carbocycles. The first-order valence-corrected chi connectivity index (χ1v) is 8.71. The van der Waals surface area contributed by atoms with Crippen LogP contribution in [0.1, 0.15) is 18.3 Å². The predicted octanol–water partition coefficient (Wildman–Crippen LogP) is 3.91. The van der Waals surface area contributed by atoms with Crippen molar-refractivity contribution in [2.24, 2.45) is 0 Å². The van der Waals surface area contributed by atoms with Crippen LogP contribution in [0.25, 0.3) is 6.08 Å². The summed E-state index contributed by atoms with van der Waals surface area (Å²) in [7, 11) is 0. The Bertz CT molecular complexity index is 774. The van der Waals surface area contributed by atoms with Crippen LogP contribution in [0, 0.1) is 0 Å². The van der Waals surface area contributed by atoms with Gasteiger partial charge in [-0.3, -0.25) is 5.10 Å². The molecule has 126 valence electrons. The zero-order valence-corrected chi connectivity index (χ0v) is 15.4. The van der Waals surface area contributed by atoms with Crippen molar-refractivity contribution in [1.29, 1.82) is 0 Å². The average molecular weight is 410 g/mol. The topological polar surface area (TPSA) is 88.1 Å². The van der Waals surface area contributed by atoms with Crippen LogP contribution in [-0.2, 0) is 11.2 Å². The number of aromatic amines is 1. The molecular formula is C16H16BrN3O3S. The zero-order chi connectivity index (χ0) is 17.5. The molecule has 0 unspecified atom stereocenters. The molecule has 8 heteroatoms. The highest BCUT2D eigenvalue weighted by atomic mass is 79.9. The number of ether oxygens (including phenoxy) is 1. The van der Waals surface area contributed by atoms with Crippen LogP contribution in [0.2, 0.25) is 0 Å². The smallest absolute Gasteiger partial charge is 0.342 e. The monoisotopic (exact) mass is 409 g/mol. The lowest BCUT2D eigenvalue weighted by Gasteiger charge is -2.08. The molecule has 0 aliphatic heterocycles. The third-order valence-corrected chi connectivity index (χ3v) is 4.24. The van der Waals surface area contributed by atoms with Gasteiger partial charge in [0.05, 0.1) is 0 Å². The summed E-state index contributed by atoms with van der Waals surface area (Å²) in [4.78, 5) is 15.9. The van der Waals surface area contributed by atoms with Gasteiger partial charge in [-0.2, -0.15) is 0 Å². The number of carboxylic acid groups (broad SMARTS) is 1. The molecule has 0 aliphatic carbocycles. The van der Waals surface area contributed by atoms with Gasteiger partial charge in [0.1, 0.15) is 23.1 Å². The molecule has 1 aromatic heterocycles. The van der Waals surface area contributed by atoms with Crippen molar-refractivity contribution in [3.8, 4) is 5.75 Å². The SMILES string of the molecule is C=CCOc1ccc(Br)cc1/C=C(\Sc1n[nH]c(CC)n1)C(=O)O. The van der Waals surface area contributed by atoms with E-state index in [0.717, 1.165) is 16.2 Å². The van der Waals surface area contributed by atoms with Crippen molar-refractivity contribution in [3.63, 3.8) is 0 Å². The van der Waals surface area contributed by atoms with Gasteiger partial charge in [-0.15, -0.1) is 5.10 Å². The predicted molar refractivity (Wildman–Crippen MR) is 97.1 cm³/mol. The summed E-state index contributed by atoms with van der Waals surface area (Å²) in [5.41, 5.74) is 0.641. The second-order valence-electron chi connectivity index (χ2n) is 4.62. The summed E-state index contributed by atoms with van der Waals surface area (Å²) in [6.07, 6.45) is 3.87. The second-order valence-corrected chi connectivity index (χ2v) is 6.54. The van der Waals surface area contributed by atoms with Gasteiger partial charge in [0.2, 0.25) is 5.16 Å². The minimum absolute atomic E-state index is 0.0956. The van der Waals surface area contributed by atoms with E-state index in [1.807, 2.05) is 13.0 Å². The Morgan fingerprint density at radius 2 is 2.33 bits per heavy atom. The van der Waals surface area contributed by atoms with Gasteiger partial charge in [-0.05, 0) is 36.0 Å². The lowest BCUT2D eigenvalue weighted by molar-refractivity contribution is -0.131. The summed E-state index contributed by atoms with van der Waals surface area (Å²) in [5.74, 6) is 0.221. The Morgan fingerprint density at radius 1 is 1.54 bits per heavy atom. The Balaban J connectivity index is 2.34. The number of H-pyrrole nitrogens is 1. The normalized spacial score (nSPS) is 11.3. The fourth-order valence-electron chi connectivity index (χ4n) is 1.77. The second kappa shape index (κ2) is 8.70. The van der Waals surface area contributed by atoms with Crippen molar-refractivity contribution >= 4 is 39.7 Å². The standard InChI is InChI=1S/C16H16BrN3O3S/c1-3-7-23-12-6-5-11(17)8-10(12)9-13(15(21)22)24-16-18-14(4-2)19-20-16/h3,5-6,8-9H,1,4,7H2,2H3,(H,21,22)(H,18,19,20)/b13-9-. The van der Waals surface area contributed by atoms with E-state index >= 15 is 0 Å². The maximum Gasteiger partial charge on any atom is 0.342 e. The van der Waals surface area contributed by atoms with Crippen molar-refractivity contribution in [2.45, 2.75) is 18.5 Å². The van der Waals surface area contributed by atoms with E-state index in [9.17, 15) is 9.90 Å². The minimum Gasteiger partial charge on any atom is -0.489 e. The summed E-state index contributed by atoms with van der Waals surface area (Å²) >= 11 is 4.37. The van der Waals surface area contributed by atoms with Gasteiger partial charge >= 0.3 is 5.97 Å². The summed E-state index contributed by atoms with van der Waals surface area (Å²) in [6, 6.07) is 5.38. The number of carbonyl (C=O) groups is 1. The first kappa shape index (κ1) is 18.3. The number of halogens is 1. The number of rotatable bonds is 8. The van der Waals surface area contributed by atoms with Gasteiger partial charge in [0.25, 0.3) is 0 Å². The van der Waals surface area contributed by atoms with Gasteiger partial charge in [0.15, 0.2) is 0 Å². The molecule has 2 rings (SSSR count). The molecule has 0 bridgehead atoms. The molecule has 0 atom stereocenters. The minimum atomic E-state index is -1.06. The molecule has 1 heterocycles. The van der Waals surface area contributed by atoms with E-state index < -0.39 is 5.97 Å². The Morgan fingerprint density at radius 3 is 2.96 bits per heavy atom. The molecule has 0 spiro atoms. The number of thioether (sulfide) groups is 1. The Hall–Kier alpha value is -2.06. The molecule has 2 aromatic rings. The fourth-order valence-corrected chi connectivity index (χ4v) is 2.86. The van der Waals surface area contributed by atoms with Crippen LogP contribution in [0.4, 0.5) is 0 Å². The summed E-state index contributed by atoms with van der Waals surface area (Å²) in [6.45, 7) is 5.88. The Kier molecular flexibility index (Phi) is 6.62. The number of hydrogen-bond donors (Lipinski definition) is 2. The fraction of sp³-hybridized carbons (Fsp3) is 0.188. The van der Waals surface area contributed by atoms with Gasteiger partial charge in [-0.1, -0.05) is 35.5 Å². The first-order valence-electron chi connectivity index (χ1n) is 7.10. The largest absolute Gasteiger partial charge is 0.489 e. The van der Waals surface area contributed by atoms with E-state index in [1.165, 1.54) is 6.08 Å². The van der Waals surface area contributed by atoms with E-state index in [2.05, 4.69) is 37.7 Å². The molecule has 0 saturated heterocycles. The van der Waals surface area contributed by atoms with Crippen molar-refractivity contribution in [3.05, 3.63) is 51.6 Å². The third-order valence-electron chi connectivity index (χ3n) is 2.87. The highest BCUT2D eigenvalue weighted by molar-refractivity contribution is 9.10. The van der Waals surface area contributed by atoms with Crippen LogP contribution >= 0.6 is 27.7 Å². The zero-order valence-electron chi connectivity index (χ0n) is 13.0. The molecule has 0 radical (unpaired) electrons. The van der Waals surface area contributed by atoms with Crippen LogP contribution in [-0.4, -0.2) is 32.9 Å². The van der Waals surface area contributed by atoms with E-state index in [-0.39, 0.29) is 4.91 Å². The quantitative estimate of drug-likeness (QED) is 0.390. The van der Waals surface area contributed by atoms with Crippen molar-refractivity contribution in [2.75, 3.05) is 6.61 Å². The molecule has 0 aliphatic rings. The number of benzene rings is 1. The summed E-state index contributed by atoms with van der Waals surface area (Å²) in [5, 5.41) is 16.6. The molecule has 0 saturated carbocycles. The third kappa shape index (κ3) is 4.97. The van der Waals surface area contributed by atoms with E-state index in [4.69, 9.17) is 4.74 Å². The number of aliphatic carboxylic acids is 1. The molecule has 2 N–H and O–H groups in total. The molecule has 0 fully saturated rings. The van der Waals surface area contributed by atoms with E-state index in [1.54, 1.807) is 18.2 Å². The maximum absolute atomic E-state index is 11.6. The molecule has 24 heavy (non-hydrogen) atoms. The molecular weight excluding hydrogens is 394 g/mol. The van der Waals surface area contributed by atoms with Crippen LogP contribution < -0.4 is 4.74 Å². The number of hydrogen-bond acceptors (Lipinski definition) is 5. The summed E-state index contributed by atoms with van der Waals surface area (Å²) < 4.78 is 6.39. The van der Waals surface area contributed by atoms with Crippen LogP contribution in [0.5, 0.6) is 5.75 Å². The number of nitrogens with one attached hydrogen (secondary N) is 1. The molecule has 6 nitrogen and oxygen atoms in total.